The standard InChI is InChI=1S/C24H19ClN2OS/c25-18-9-11-19(12-10-18)29-23-20-7-3-4-8-21(20)26-22(23)24(28)27-14-13-16-5-1-2-6-17(16)15-27/h1-12,26H,13-15H2. The predicted molar refractivity (Wildman–Crippen MR) is 119 cm³/mol. The monoisotopic (exact) mass is 418 g/mol. The molecule has 3 nitrogen and oxygen atoms in total. The van der Waals surface area contributed by atoms with Crippen molar-refractivity contribution in [3.8, 4) is 0 Å². The zero-order chi connectivity index (χ0) is 19.8. The van der Waals surface area contributed by atoms with E-state index in [1.165, 1.54) is 11.1 Å². The number of para-hydroxylation sites is 1. The highest BCUT2D eigenvalue weighted by molar-refractivity contribution is 7.99. The Morgan fingerprint density at radius 3 is 2.48 bits per heavy atom. The summed E-state index contributed by atoms with van der Waals surface area (Å²) >= 11 is 7.64. The molecule has 0 radical (unpaired) electrons. The lowest BCUT2D eigenvalue weighted by Gasteiger charge is -2.28. The third-order valence-electron chi connectivity index (χ3n) is 5.32. The molecule has 2 heterocycles. The number of hydrogen-bond acceptors (Lipinski definition) is 2. The van der Waals surface area contributed by atoms with Crippen LogP contribution in [-0.4, -0.2) is 22.3 Å². The second-order valence-corrected chi connectivity index (χ2v) is 8.70. The summed E-state index contributed by atoms with van der Waals surface area (Å²) in [6, 6.07) is 24.2. The summed E-state index contributed by atoms with van der Waals surface area (Å²) in [5, 5.41) is 1.77. The number of carbonyl (C=O) groups excluding carboxylic acids is 1. The van der Waals surface area contributed by atoms with Gasteiger partial charge in [0.1, 0.15) is 5.69 Å². The number of H-pyrrole nitrogens is 1. The lowest BCUT2D eigenvalue weighted by Crippen LogP contribution is -2.36. The quantitative estimate of drug-likeness (QED) is 0.431. The summed E-state index contributed by atoms with van der Waals surface area (Å²) in [4.78, 5) is 20.8. The number of aromatic amines is 1. The molecule has 1 N–H and O–H groups in total. The molecule has 1 aliphatic rings. The van der Waals surface area contributed by atoms with Crippen molar-refractivity contribution in [1.82, 2.24) is 9.88 Å². The van der Waals surface area contributed by atoms with Crippen LogP contribution in [0.2, 0.25) is 5.02 Å². The van der Waals surface area contributed by atoms with Crippen LogP contribution in [0.5, 0.6) is 0 Å². The maximum atomic E-state index is 13.5. The maximum Gasteiger partial charge on any atom is 0.271 e. The van der Waals surface area contributed by atoms with Gasteiger partial charge in [-0.1, -0.05) is 65.8 Å². The molecule has 3 aromatic carbocycles. The minimum atomic E-state index is 0.0483. The number of nitrogens with zero attached hydrogens (tertiary/aromatic N) is 1. The molecule has 0 unspecified atom stereocenters. The molecule has 1 amide bonds. The van der Waals surface area contributed by atoms with Crippen molar-refractivity contribution in [3.63, 3.8) is 0 Å². The van der Waals surface area contributed by atoms with E-state index in [0.717, 1.165) is 33.7 Å². The number of aromatic nitrogens is 1. The van der Waals surface area contributed by atoms with Crippen LogP contribution in [0.3, 0.4) is 0 Å². The maximum absolute atomic E-state index is 13.5. The van der Waals surface area contributed by atoms with Gasteiger partial charge in [-0.2, -0.15) is 0 Å². The lowest BCUT2D eigenvalue weighted by molar-refractivity contribution is 0.0726. The van der Waals surface area contributed by atoms with Crippen LogP contribution in [0.4, 0.5) is 0 Å². The summed E-state index contributed by atoms with van der Waals surface area (Å²) < 4.78 is 0. The van der Waals surface area contributed by atoms with Gasteiger partial charge in [-0.3, -0.25) is 4.79 Å². The number of halogens is 1. The van der Waals surface area contributed by atoms with E-state index >= 15 is 0 Å². The Balaban J connectivity index is 1.52. The van der Waals surface area contributed by atoms with E-state index in [0.29, 0.717) is 17.3 Å². The molecule has 29 heavy (non-hydrogen) atoms. The summed E-state index contributed by atoms with van der Waals surface area (Å²) in [5.74, 6) is 0.0483. The average molecular weight is 419 g/mol. The van der Waals surface area contributed by atoms with Gasteiger partial charge in [0.05, 0.1) is 4.90 Å². The first-order chi connectivity index (χ1) is 14.2. The molecule has 0 saturated carbocycles. The first kappa shape index (κ1) is 18.3. The zero-order valence-electron chi connectivity index (χ0n) is 15.7. The van der Waals surface area contributed by atoms with Gasteiger partial charge < -0.3 is 9.88 Å². The Morgan fingerprint density at radius 2 is 1.66 bits per heavy atom. The van der Waals surface area contributed by atoms with Crippen molar-refractivity contribution in [2.45, 2.75) is 22.8 Å². The Morgan fingerprint density at radius 1 is 0.931 bits per heavy atom. The van der Waals surface area contributed by atoms with Crippen LogP contribution in [0, 0.1) is 0 Å². The molecule has 0 atom stereocenters. The first-order valence-corrected chi connectivity index (χ1v) is 10.8. The molecule has 5 rings (SSSR count). The van der Waals surface area contributed by atoms with Crippen molar-refractivity contribution in [2.24, 2.45) is 0 Å². The molecule has 0 spiro atoms. The fraction of sp³-hybridized carbons (Fsp3) is 0.125. The average Bonchev–Trinajstić information content (AvgIpc) is 3.13. The zero-order valence-corrected chi connectivity index (χ0v) is 17.3. The van der Waals surface area contributed by atoms with Crippen LogP contribution in [-0.2, 0) is 13.0 Å². The molecule has 0 fully saturated rings. The van der Waals surface area contributed by atoms with E-state index in [4.69, 9.17) is 11.6 Å². The van der Waals surface area contributed by atoms with E-state index in [9.17, 15) is 4.79 Å². The van der Waals surface area contributed by atoms with Gasteiger partial charge in [0.25, 0.3) is 5.91 Å². The number of amides is 1. The Labute approximate surface area is 178 Å². The van der Waals surface area contributed by atoms with Crippen molar-refractivity contribution >= 4 is 40.2 Å². The van der Waals surface area contributed by atoms with Gasteiger partial charge in [0.15, 0.2) is 0 Å². The molecule has 0 saturated heterocycles. The summed E-state index contributed by atoms with van der Waals surface area (Å²) in [6.07, 6.45) is 0.891. The third kappa shape index (κ3) is 3.54. The van der Waals surface area contributed by atoms with Gasteiger partial charge in [0.2, 0.25) is 0 Å². The number of fused-ring (bicyclic) bond motifs is 2. The van der Waals surface area contributed by atoms with Crippen LogP contribution >= 0.6 is 23.4 Å². The molecular weight excluding hydrogens is 400 g/mol. The molecule has 5 heteroatoms. The molecule has 144 valence electrons. The minimum Gasteiger partial charge on any atom is -0.350 e. The third-order valence-corrected chi connectivity index (χ3v) is 6.71. The predicted octanol–water partition coefficient (Wildman–Crippen LogP) is 6.17. The van der Waals surface area contributed by atoms with Crippen LogP contribution in [0.1, 0.15) is 21.6 Å². The molecular formula is C24H19ClN2OS. The van der Waals surface area contributed by atoms with E-state index in [1.54, 1.807) is 11.8 Å². The fourth-order valence-corrected chi connectivity index (χ4v) is 4.98. The number of carbonyl (C=O) groups is 1. The van der Waals surface area contributed by atoms with Crippen LogP contribution in [0.25, 0.3) is 10.9 Å². The number of hydrogen-bond donors (Lipinski definition) is 1. The van der Waals surface area contributed by atoms with Crippen molar-refractivity contribution in [1.29, 1.82) is 0 Å². The highest BCUT2D eigenvalue weighted by Crippen LogP contribution is 2.38. The smallest absolute Gasteiger partial charge is 0.271 e. The molecule has 0 bridgehead atoms. The molecule has 0 aliphatic carbocycles. The SMILES string of the molecule is O=C(c1[nH]c2ccccc2c1Sc1ccc(Cl)cc1)N1CCc2ccccc2C1. The summed E-state index contributed by atoms with van der Waals surface area (Å²) in [5.41, 5.74) is 4.20. The number of benzene rings is 3. The summed E-state index contributed by atoms with van der Waals surface area (Å²) in [6.45, 7) is 1.38. The highest BCUT2D eigenvalue weighted by Gasteiger charge is 2.26. The van der Waals surface area contributed by atoms with Crippen LogP contribution in [0.15, 0.2) is 82.6 Å². The second kappa shape index (κ2) is 7.62. The number of nitrogens with one attached hydrogen (secondary N) is 1. The number of rotatable bonds is 3. The normalized spacial score (nSPS) is 13.5. The van der Waals surface area contributed by atoms with Crippen molar-refractivity contribution in [3.05, 3.63) is 94.6 Å². The van der Waals surface area contributed by atoms with Gasteiger partial charge in [0, 0.05) is 33.9 Å². The van der Waals surface area contributed by atoms with Gasteiger partial charge in [-0.25, -0.2) is 0 Å². The fourth-order valence-electron chi connectivity index (χ4n) is 3.82. The van der Waals surface area contributed by atoms with Crippen molar-refractivity contribution < 1.29 is 4.79 Å². The van der Waals surface area contributed by atoms with E-state index in [1.807, 2.05) is 53.4 Å². The van der Waals surface area contributed by atoms with E-state index in [2.05, 4.69) is 29.2 Å². The summed E-state index contributed by atoms with van der Waals surface area (Å²) in [7, 11) is 0. The van der Waals surface area contributed by atoms with E-state index in [-0.39, 0.29) is 5.91 Å². The Kier molecular flexibility index (Phi) is 4.82. The molecule has 1 aliphatic heterocycles. The topological polar surface area (TPSA) is 36.1 Å². The van der Waals surface area contributed by atoms with Crippen molar-refractivity contribution in [2.75, 3.05) is 6.54 Å². The molecule has 1 aromatic heterocycles. The van der Waals surface area contributed by atoms with Gasteiger partial charge in [-0.15, -0.1) is 0 Å². The van der Waals surface area contributed by atoms with Gasteiger partial charge in [-0.05, 0) is 47.9 Å². The largest absolute Gasteiger partial charge is 0.350 e. The molecule has 4 aromatic rings. The van der Waals surface area contributed by atoms with E-state index < -0.39 is 0 Å². The Bertz CT molecular complexity index is 1200. The lowest BCUT2D eigenvalue weighted by atomic mass is 10.00. The van der Waals surface area contributed by atoms with Gasteiger partial charge >= 0.3 is 0 Å². The highest BCUT2D eigenvalue weighted by atomic mass is 35.5. The first-order valence-electron chi connectivity index (χ1n) is 9.59. The second-order valence-electron chi connectivity index (χ2n) is 7.18. The van der Waals surface area contributed by atoms with Crippen LogP contribution < -0.4 is 0 Å². The Hall–Kier alpha value is -2.69. The minimum absolute atomic E-state index is 0.0483.